The van der Waals surface area contributed by atoms with Gasteiger partial charge in [-0.3, -0.25) is 9.78 Å². The quantitative estimate of drug-likeness (QED) is 0.511. The average Bonchev–Trinajstić information content (AvgIpc) is 3.04. The second-order valence-corrected chi connectivity index (χ2v) is 9.65. The number of fused-ring (bicyclic) bond motifs is 4. The first-order valence-electron chi connectivity index (χ1n) is 11.9. The molecule has 1 saturated carbocycles. The van der Waals surface area contributed by atoms with Gasteiger partial charge in [-0.15, -0.1) is 0 Å². The fraction of sp³-hybridized carbons (Fsp3) is 0.444. The molecule has 5 rings (SSSR count). The molecule has 1 fully saturated rings. The first kappa shape index (κ1) is 21.8. The molecule has 0 saturated heterocycles. The molecule has 0 bridgehead atoms. The number of carbonyl (C=O) groups excluding carboxylic acids is 1. The Balaban J connectivity index is 1.48. The van der Waals surface area contributed by atoms with E-state index in [2.05, 4.69) is 53.2 Å². The molecule has 0 radical (unpaired) electrons. The number of anilines is 1. The molecule has 3 aromatic rings. The predicted molar refractivity (Wildman–Crippen MR) is 132 cm³/mol. The predicted octanol–water partition coefficient (Wildman–Crippen LogP) is 4.81. The van der Waals surface area contributed by atoms with Gasteiger partial charge in [0, 0.05) is 42.4 Å². The molecule has 0 atom stereocenters. The van der Waals surface area contributed by atoms with Gasteiger partial charge >= 0.3 is 0 Å². The smallest absolute Gasteiger partial charge is 0.237 e. The molecular formula is C27H32N4O2. The summed E-state index contributed by atoms with van der Waals surface area (Å²) in [4.78, 5) is 26.6. The molecule has 2 aliphatic rings. The molecule has 0 unspecified atom stereocenters. The minimum atomic E-state index is -0.398. The van der Waals surface area contributed by atoms with Gasteiger partial charge in [0.1, 0.15) is 0 Å². The second-order valence-electron chi connectivity index (χ2n) is 9.65. The van der Waals surface area contributed by atoms with Crippen molar-refractivity contribution in [1.29, 1.82) is 0 Å². The lowest BCUT2D eigenvalue weighted by molar-refractivity contribution is -0.124. The van der Waals surface area contributed by atoms with E-state index in [1.165, 1.54) is 12.0 Å². The molecule has 1 aliphatic carbocycles. The SMILES string of the molecule is CN(C)CCCOc1ccc(-c2ccc3ncc4c(c3c2)C2(CCCCC2)C(=O)N4C)cn1. The number of rotatable bonds is 6. The molecular weight excluding hydrogens is 412 g/mol. The zero-order chi connectivity index (χ0) is 23.0. The maximum Gasteiger partial charge on any atom is 0.237 e. The van der Waals surface area contributed by atoms with Crippen LogP contribution >= 0.6 is 0 Å². The van der Waals surface area contributed by atoms with Crippen LogP contribution in [0.4, 0.5) is 5.69 Å². The Bertz CT molecular complexity index is 1170. The highest BCUT2D eigenvalue weighted by Gasteiger charge is 2.51. The number of hydrogen-bond acceptors (Lipinski definition) is 5. The second kappa shape index (κ2) is 8.75. The summed E-state index contributed by atoms with van der Waals surface area (Å²) in [5.74, 6) is 0.878. The summed E-state index contributed by atoms with van der Waals surface area (Å²) in [6, 6.07) is 10.3. The summed E-state index contributed by atoms with van der Waals surface area (Å²) < 4.78 is 5.79. The van der Waals surface area contributed by atoms with Gasteiger partial charge in [-0.2, -0.15) is 0 Å². The van der Waals surface area contributed by atoms with E-state index in [0.29, 0.717) is 12.5 Å². The van der Waals surface area contributed by atoms with Crippen LogP contribution in [0.1, 0.15) is 44.1 Å². The summed E-state index contributed by atoms with van der Waals surface area (Å²) in [5.41, 5.74) is 4.80. The van der Waals surface area contributed by atoms with Gasteiger partial charge in [0.25, 0.3) is 0 Å². The van der Waals surface area contributed by atoms with E-state index in [1.54, 1.807) is 0 Å². The van der Waals surface area contributed by atoms with Gasteiger partial charge in [-0.25, -0.2) is 4.98 Å². The molecule has 3 heterocycles. The number of nitrogens with zero attached hydrogens (tertiary/aromatic N) is 4. The van der Waals surface area contributed by atoms with Crippen LogP contribution in [-0.2, 0) is 10.2 Å². The van der Waals surface area contributed by atoms with Crippen molar-refractivity contribution in [3.05, 3.63) is 48.3 Å². The lowest BCUT2D eigenvalue weighted by atomic mass is 9.69. The fourth-order valence-corrected chi connectivity index (χ4v) is 5.47. The van der Waals surface area contributed by atoms with E-state index in [4.69, 9.17) is 4.74 Å². The monoisotopic (exact) mass is 444 g/mol. The van der Waals surface area contributed by atoms with Crippen molar-refractivity contribution < 1.29 is 9.53 Å². The van der Waals surface area contributed by atoms with Crippen molar-refractivity contribution in [2.24, 2.45) is 0 Å². The highest BCUT2D eigenvalue weighted by atomic mass is 16.5. The Morgan fingerprint density at radius 2 is 1.82 bits per heavy atom. The summed E-state index contributed by atoms with van der Waals surface area (Å²) in [6.45, 7) is 1.65. The molecule has 1 aromatic carbocycles. The highest BCUT2D eigenvalue weighted by molar-refractivity contribution is 6.12. The van der Waals surface area contributed by atoms with E-state index in [9.17, 15) is 4.79 Å². The topological polar surface area (TPSA) is 58.6 Å². The zero-order valence-corrected chi connectivity index (χ0v) is 19.8. The maximum atomic E-state index is 13.4. The average molecular weight is 445 g/mol. The van der Waals surface area contributed by atoms with Crippen LogP contribution in [0.2, 0.25) is 0 Å². The van der Waals surface area contributed by atoms with Gasteiger partial charge < -0.3 is 14.5 Å². The Hall–Kier alpha value is -2.99. The van der Waals surface area contributed by atoms with Crippen molar-refractivity contribution in [3.8, 4) is 17.0 Å². The van der Waals surface area contributed by atoms with Crippen LogP contribution in [0.5, 0.6) is 5.88 Å². The highest BCUT2D eigenvalue weighted by Crippen LogP contribution is 2.52. The molecule has 6 nitrogen and oxygen atoms in total. The van der Waals surface area contributed by atoms with Gasteiger partial charge in [-0.05, 0) is 57.1 Å². The minimum absolute atomic E-state index is 0.231. The molecule has 33 heavy (non-hydrogen) atoms. The van der Waals surface area contributed by atoms with Gasteiger partial charge in [0.15, 0.2) is 0 Å². The molecule has 1 amide bonds. The van der Waals surface area contributed by atoms with Crippen LogP contribution in [0, 0.1) is 0 Å². The normalized spacial score (nSPS) is 17.2. The molecule has 0 N–H and O–H groups in total. The first-order valence-corrected chi connectivity index (χ1v) is 11.9. The fourth-order valence-electron chi connectivity index (χ4n) is 5.47. The first-order chi connectivity index (χ1) is 16.0. The summed E-state index contributed by atoms with van der Waals surface area (Å²) >= 11 is 0. The van der Waals surface area contributed by atoms with E-state index < -0.39 is 5.41 Å². The molecule has 6 heteroatoms. The van der Waals surface area contributed by atoms with Crippen LogP contribution < -0.4 is 9.64 Å². The van der Waals surface area contributed by atoms with E-state index >= 15 is 0 Å². The summed E-state index contributed by atoms with van der Waals surface area (Å²) in [7, 11) is 6.01. The van der Waals surface area contributed by atoms with Crippen molar-refractivity contribution >= 4 is 22.5 Å². The van der Waals surface area contributed by atoms with Crippen molar-refractivity contribution in [1.82, 2.24) is 14.9 Å². The Labute approximate surface area is 195 Å². The van der Waals surface area contributed by atoms with Gasteiger partial charge in [0.2, 0.25) is 11.8 Å². The number of amides is 1. The molecule has 2 aromatic heterocycles. The van der Waals surface area contributed by atoms with Gasteiger partial charge in [0.05, 0.1) is 29.4 Å². The lowest BCUT2D eigenvalue weighted by Crippen LogP contribution is -2.40. The summed E-state index contributed by atoms with van der Waals surface area (Å²) in [5, 5.41) is 1.09. The third-order valence-electron chi connectivity index (χ3n) is 7.18. The standard InChI is InChI=1S/C27H32N4O2/c1-30(2)14-7-15-33-24-11-9-20(17-29-24)19-8-10-22-21(16-19)25-23(18-28-22)31(3)26(32)27(25)12-5-4-6-13-27/h8-11,16-18H,4-7,12-15H2,1-3H3. The van der Waals surface area contributed by atoms with Crippen molar-refractivity contribution in [2.75, 3.05) is 39.2 Å². The number of carbonyl (C=O) groups is 1. The minimum Gasteiger partial charge on any atom is -0.478 e. The third-order valence-corrected chi connectivity index (χ3v) is 7.18. The van der Waals surface area contributed by atoms with Gasteiger partial charge in [-0.1, -0.05) is 25.3 Å². The number of likely N-dealkylation sites (N-methyl/N-ethyl adjacent to an activating group) is 1. The Kier molecular flexibility index (Phi) is 5.79. The molecule has 172 valence electrons. The Morgan fingerprint density at radius 3 is 2.55 bits per heavy atom. The third kappa shape index (κ3) is 3.86. The van der Waals surface area contributed by atoms with E-state index in [0.717, 1.165) is 66.4 Å². The summed E-state index contributed by atoms with van der Waals surface area (Å²) in [6.07, 6.45) is 9.97. The number of benzene rings is 1. The van der Waals surface area contributed by atoms with Crippen molar-refractivity contribution in [2.45, 2.75) is 43.9 Å². The number of ether oxygens (including phenoxy) is 1. The molecule has 1 spiro atoms. The number of pyridine rings is 2. The lowest BCUT2D eigenvalue weighted by Gasteiger charge is -2.32. The van der Waals surface area contributed by atoms with Crippen LogP contribution in [0.25, 0.3) is 22.0 Å². The van der Waals surface area contributed by atoms with E-state index in [1.807, 2.05) is 30.4 Å². The van der Waals surface area contributed by atoms with E-state index in [-0.39, 0.29) is 5.91 Å². The number of aromatic nitrogens is 2. The zero-order valence-electron chi connectivity index (χ0n) is 19.8. The van der Waals surface area contributed by atoms with Crippen LogP contribution in [0.15, 0.2) is 42.7 Å². The van der Waals surface area contributed by atoms with Crippen LogP contribution in [0.3, 0.4) is 0 Å². The molecule has 1 aliphatic heterocycles. The largest absolute Gasteiger partial charge is 0.478 e. The van der Waals surface area contributed by atoms with Crippen LogP contribution in [-0.4, -0.2) is 55.1 Å². The maximum absolute atomic E-state index is 13.4. The number of hydrogen-bond donors (Lipinski definition) is 0. The van der Waals surface area contributed by atoms with Crippen molar-refractivity contribution in [3.63, 3.8) is 0 Å². The Morgan fingerprint density at radius 1 is 1.03 bits per heavy atom.